The number of fused-ring (bicyclic) bond motifs is 1. The van der Waals surface area contributed by atoms with Crippen LogP contribution in [0.1, 0.15) is 103 Å². The van der Waals surface area contributed by atoms with Crippen LogP contribution in [0.25, 0.3) is 5.65 Å². The third-order valence-corrected chi connectivity index (χ3v) is 8.82. The molecule has 4 rings (SSSR count). The third kappa shape index (κ3) is 6.99. The van der Waals surface area contributed by atoms with E-state index in [-0.39, 0.29) is 31.6 Å². The van der Waals surface area contributed by atoms with Crippen LogP contribution in [-0.4, -0.2) is 41.5 Å². The van der Waals surface area contributed by atoms with Gasteiger partial charge in [-0.3, -0.25) is 0 Å². The number of imidazole rings is 1. The first-order chi connectivity index (χ1) is 18.0. The maximum Gasteiger partial charge on any atom is 0.408 e. The molecule has 2 aromatic rings. The number of alkyl carbamates (subject to hydrolysis) is 1. The predicted molar refractivity (Wildman–Crippen MR) is 143 cm³/mol. The van der Waals surface area contributed by atoms with Gasteiger partial charge in [0.25, 0.3) is 0 Å². The molecule has 2 aliphatic carbocycles. The number of nitrogens with zero attached hydrogens (tertiary/aromatic N) is 4. The van der Waals surface area contributed by atoms with Gasteiger partial charge in [-0.15, -0.1) is 4.72 Å². The summed E-state index contributed by atoms with van der Waals surface area (Å²) in [5.74, 6) is -2.96. The van der Waals surface area contributed by atoms with Gasteiger partial charge in [-0.2, -0.15) is 10.4 Å². The number of halogens is 2. The highest BCUT2D eigenvalue weighted by Crippen LogP contribution is 2.55. The van der Waals surface area contributed by atoms with Crippen LogP contribution in [0.15, 0.2) is 18.5 Å². The van der Waals surface area contributed by atoms with Gasteiger partial charge in [0.2, 0.25) is 5.92 Å². The summed E-state index contributed by atoms with van der Waals surface area (Å²) < 4.78 is 50.4. The molecule has 0 aliphatic heterocycles. The Labute approximate surface area is 231 Å². The number of hydrogen-bond acceptors (Lipinski definition) is 7. The van der Waals surface area contributed by atoms with Crippen molar-refractivity contribution >= 4 is 23.1 Å². The van der Waals surface area contributed by atoms with Gasteiger partial charge in [0.05, 0.1) is 41.7 Å². The van der Waals surface area contributed by atoms with E-state index in [2.05, 4.69) is 21.2 Å². The fourth-order valence-electron chi connectivity index (χ4n) is 4.86. The zero-order chi connectivity index (χ0) is 28.8. The minimum Gasteiger partial charge on any atom is -0.598 e. The molecule has 1 amide bonds. The van der Waals surface area contributed by atoms with Crippen molar-refractivity contribution in [3.05, 3.63) is 29.7 Å². The minimum absolute atomic E-state index is 0.231. The Morgan fingerprint density at radius 1 is 1.23 bits per heavy atom. The van der Waals surface area contributed by atoms with E-state index in [0.717, 1.165) is 0 Å². The average Bonchev–Trinajstić information content (AvgIpc) is 3.50. The molecule has 2 fully saturated rings. The number of alkyl halides is 2. The lowest BCUT2D eigenvalue weighted by atomic mass is 9.81. The fourth-order valence-corrected chi connectivity index (χ4v) is 5.79. The van der Waals surface area contributed by atoms with E-state index in [1.165, 1.54) is 0 Å². The van der Waals surface area contributed by atoms with Crippen LogP contribution in [0.4, 0.5) is 13.6 Å². The first-order valence-electron chi connectivity index (χ1n) is 13.3. The predicted octanol–water partition coefficient (Wildman–Crippen LogP) is 5.52. The zero-order valence-electron chi connectivity index (χ0n) is 23.4. The van der Waals surface area contributed by atoms with Gasteiger partial charge in [-0.1, -0.05) is 0 Å². The van der Waals surface area contributed by atoms with Crippen LogP contribution in [0, 0.1) is 22.7 Å². The van der Waals surface area contributed by atoms with Gasteiger partial charge in [0.15, 0.2) is 5.65 Å². The Hall–Kier alpha value is -2.49. The van der Waals surface area contributed by atoms with Crippen molar-refractivity contribution in [2.24, 2.45) is 11.3 Å². The smallest absolute Gasteiger partial charge is 0.408 e. The molecule has 2 saturated carbocycles. The molecule has 0 saturated heterocycles. The molecule has 12 heteroatoms. The molecule has 3 atom stereocenters. The highest BCUT2D eigenvalue weighted by atomic mass is 32.2. The van der Waals surface area contributed by atoms with Gasteiger partial charge < -0.3 is 14.6 Å². The number of ether oxygens (including phenoxy) is 1. The second kappa shape index (κ2) is 10.5. The normalized spacial score (nSPS) is 21.5. The molecular formula is C27H38F2N6O3S. The molecule has 2 heterocycles. The average molecular weight is 565 g/mol. The Bertz CT molecular complexity index is 1230. The molecule has 2 aliphatic rings. The first kappa shape index (κ1) is 29.5. The van der Waals surface area contributed by atoms with Gasteiger partial charge >= 0.3 is 6.09 Å². The molecule has 9 nitrogen and oxygen atoms in total. The van der Waals surface area contributed by atoms with Gasteiger partial charge in [-0.05, 0) is 84.8 Å². The lowest BCUT2D eigenvalue weighted by Crippen LogP contribution is -2.43. The summed E-state index contributed by atoms with van der Waals surface area (Å²) in [6.45, 7) is 10.8. The van der Waals surface area contributed by atoms with Crippen molar-refractivity contribution in [3.63, 3.8) is 0 Å². The number of nitriles is 1. The fraction of sp³-hybridized carbons (Fsp3) is 0.704. The number of aromatic nitrogens is 3. The van der Waals surface area contributed by atoms with Crippen molar-refractivity contribution in [2.45, 2.75) is 108 Å². The van der Waals surface area contributed by atoms with E-state index in [1.807, 2.05) is 20.8 Å². The first-order valence-corrected chi connectivity index (χ1v) is 14.5. The molecule has 2 N–H and O–H groups in total. The summed E-state index contributed by atoms with van der Waals surface area (Å²) in [5.41, 5.74) is 0.250. The number of amides is 1. The van der Waals surface area contributed by atoms with Crippen LogP contribution >= 0.6 is 0 Å². The summed E-state index contributed by atoms with van der Waals surface area (Å²) in [6, 6.07) is 3.05. The second-order valence-corrected chi connectivity index (χ2v) is 14.8. The summed E-state index contributed by atoms with van der Waals surface area (Å²) in [5, 5.41) is 17.3. The van der Waals surface area contributed by atoms with Crippen LogP contribution < -0.4 is 10.0 Å². The van der Waals surface area contributed by atoms with Crippen LogP contribution in [-0.2, 0) is 16.1 Å². The standard InChI is InChI=1S/C27H38F2N6O3S/c1-24(2,3)38-23(36)33-21(17-7-9-27(28,29)10-8-17)19-15-35-20(32-19)13-18(14-31-35)22(26(16-30)11-12-26)34-39(37)25(4,5)6/h13-15,17,21-22,34H,7-12H2,1-6H3,(H,33,36)/t21-,22-,39?/m0/s1. The van der Waals surface area contributed by atoms with Crippen molar-refractivity contribution in [1.82, 2.24) is 24.6 Å². The van der Waals surface area contributed by atoms with Crippen molar-refractivity contribution in [3.8, 4) is 6.07 Å². The van der Waals surface area contributed by atoms with E-state index in [9.17, 15) is 23.4 Å². The van der Waals surface area contributed by atoms with E-state index in [1.54, 1.807) is 43.7 Å². The number of carbonyl (C=O) groups excluding carboxylic acids is 1. The molecule has 0 radical (unpaired) electrons. The van der Waals surface area contributed by atoms with Crippen molar-refractivity contribution in [1.29, 1.82) is 5.26 Å². The largest absolute Gasteiger partial charge is 0.598 e. The Kier molecular flexibility index (Phi) is 7.93. The maximum atomic E-state index is 13.9. The quantitative estimate of drug-likeness (QED) is 0.424. The van der Waals surface area contributed by atoms with Gasteiger partial charge in [0, 0.05) is 24.2 Å². The highest BCUT2D eigenvalue weighted by molar-refractivity contribution is 7.90. The zero-order valence-corrected chi connectivity index (χ0v) is 24.2. The summed E-state index contributed by atoms with van der Waals surface area (Å²) in [4.78, 5) is 17.4. The lowest BCUT2D eigenvalue weighted by Gasteiger charge is -2.33. The lowest BCUT2D eigenvalue weighted by molar-refractivity contribution is -0.0500. The monoisotopic (exact) mass is 564 g/mol. The van der Waals surface area contributed by atoms with Gasteiger partial charge in [-0.25, -0.2) is 23.1 Å². The molecule has 2 aromatic heterocycles. The number of hydrogen-bond donors (Lipinski definition) is 2. The van der Waals surface area contributed by atoms with Crippen molar-refractivity contribution < 1.29 is 22.9 Å². The summed E-state index contributed by atoms with van der Waals surface area (Å²) in [6.07, 6.45) is 3.98. The summed E-state index contributed by atoms with van der Waals surface area (Å²) >= 11 is -1.42. The SMILES string of the molecule is CC(C)(C)OC(=O)N[C@H](c1cn2ncc([C@H](N[S+]([O-])C(C)(C)C)C3(C#N)CC3)cc2n1)C1CCC(F)(F)CC1. The Balaban J connectivity index is 1.66. The molecular weight excluding hydrogens is 526 g/mol. The highest BCUT2D eigenvalue weighted by Gasteiger charge is 2.53. The van der Waals surface area contributed by atoms with Crippen LogP contribution in [0.5, 0.6) is 0 Å². The van der Waals surface area contributed by atoms with E-state index >= 15 is 0 Å². The maximum absolute atomic E-state index is 13.9. The molecule has 0 bridgehead atoms. The molecule has 1 unspecified atom stereocenters. The van der Waals surface area contributed by atoms with E-state index < -0.39 is 51.2 Å². The number of rotatable bonds is 7. The van der Waals surface area contributed by atoms with E-state index in [4.69, 9.17) is 9.72 Å². The van der Waals surface area contributed by atoms with Gasteiger partial charge in [0.1, 0.15) is 10.3 Å². The van der Waals surface area contributed by atoms with Crippen LogP contribution in [0.2, 0.25) is 0 Å². The number of carbonyl (C=O) groups is 1. The van der Waals surface area contributed by atoms with Crippen molar-refractivity contribution in [2.75, 3.05) is 0 Å². The Morgan fingerprint density at radius 3 is 2.41 bits per heavy atom. The topological polar surface area (TPSA) is 127 Å². The molecule has 0 aromatic carbocycles. The minimum atomic E-state index is -2.71. The molecule has 39 heavy (non-hydrogen) atoms. The third-order valence-electron chi connectivity index (χ3n) is 7.26. The molecule has 0 spiro atoms. The van der Waals surface area contributed by atoms with Crippen LogP contribution in [0.3, 0.4) is 0 Å². The van der Waals surface area contributed by atoms with E-state index in [0.29, 0.717) is 29.7 Å². The Morgan fingerprint density at radius 2 is 1.87 bits per heavy atom. The second-order valence-electron chi connectivity index (χ2n) is 12.8. The molecule has 214 valence electrons. The number of nitrogens with one attached hydrogen (secondary N) is 2. The summed E-state index contributed by atoms with van der Waals surface area (Å²) in [7, 11) is 0.